The van der Waals surface area contributed by atoms with Crippen LogP contribution >= 0.6 is 0 Å². The largest absolute Gasteiger partial charge is 0.748 e. The first kappa shape index (κ1) is 25.5. The van der Waals surface area contributed by atoms with Crippen LogP contribution in [0.25, 0.3) is 0 Å². The number of esters is 1. The molecule has 11 heteroatoms. The molecule has 0 aliphatic rings. The van der Waals surface area contributed by atoms with Crippen molar-refractivity contribution in [3.05, 3.63) is 0 Å². The van der Waals surface area contributed by atoms with Gasteiger partial charge in [-0.25, -0.2) is 8.42 Å². The molecule has 0 rings (SSSR count). The molecule has 0 heterocycles. The molecule has 0 aliphatic carbocycles. The van der Waals surface area contributed by atoms with Crippen molar-refractivity contribution in [3.8, 4) is 0 Å². The molecule has 1 atom stereocenters. The third-order valence-corrected chi connectivity index (χ3v) is 2.66. The summed E-state index contributed by atoms with van der Waals surface area (Å²) in [7, 11) is -1.80. The van der Waals surface area contributed by atoms with Crippen LogP contribution in [0.3, 0.4) is 0 Å². The highest BCUT2D eigenvalue weighted by molar-refractivity contribution is 7.86. The molecule has 0 saturated carbocycles. The lowest BCUT2D eigenvalue weighted by atomic mass is 10.2. The van der Waals surface area contributed by atoms with Crippen molar-refractivity contribution in [2.24, 2.45) is 5.92 Å². The van der Waals surface area contributed by atoms with Crippen molar-refractivity contribution in [1.29, 1.82) is 0 Å². The summed E-state index contributed by atoms with van der Waals surface area (Å²) in [5.74, 6) is -0.188. The maximum atomic E-state index is 11.6. The van der Waals surface area contributed by atoms with E-state index in [0.29, 0.717) is 23.9 Å². The van der Waals surface area contributed by atoms with Crippen molar-refractivity contribution in [1.82, 2.24) is 0 Å². The highest BCUT2D eigenvalue weighted by Crippen LogP contribution is 2.09. The fraction of sp³-hybridized carbons (Fsp3) is 0.923. The molecule has 0 aromatic rings. The van der Waals surface area contributed by atoms with Gasteiger partial charge >= 0.3 is 5.97 Å². The summed E-state index contributed by atoms with van der Waals surface area (Å²) in [6.07, 6.45) is 0.826. The highest BCUT2D eigenvalue weighted by atomic mass is 32.2. The Morgan fingerprint density at radius 1 is 1.08 bits per heavy atom. The minimum absolute atomic E-state index is 0.0602. The van der Waals surface area contributed by atoms with Gasteiger partial charge in [0.1, 0.15) is 12.6 Å². The van der Waals surface area contributed by atoms with Gasteiger partial charge < -0.3 is 13.8 Å². The van der Waals surface area contributed by atoms with Gasteiger partial charge in [0, 0.05) is 6.26 Å². The predicted molar refractivity (Wildman–Crippen MR) is 88.7 cm³/mol. The molecule has 0 amide bonds. The number of carbonyl (C=O) groups is 1. The van der Waals surface area contributed by atoms with Crippen molar-refractivity contribution in [3.63, 3.8) is 0 Å². The Morgan fingerprint density at radius 3 is 1.79 bits per heavy atom. The summed E-state index contributed by atoms with van der Waals surface area (Å²) in [5.41, 5.74) is 0. The summed E-state index contributed by atoms with van der Waals surface area (Å²) in [5, 5.41) is 0. The first-order valence-electron chi connectivity index (χ1n) is 7.14. The van der Waals surface area contributed by atoms with Crippen LogP contribution in [0.5, 0.6) is 0 Å². The van der Waals surface area contributed by atoms with Crippen LogP contribution in [0.2, 0.25) is 0 Å². The lowest BCUT2D eigenvalue weighted by Gasteiger charge is -2.28. The average Bonchev–Trinajstić information content (AvgIpc) is 2.18. The number of ether oxygens (including phenoxy) is 1. The molecular weight excluding hydrogens is 362 g/mol. The van der Waals surface area contributed by atoms with Gasteiger partial charge in [-0.05, 0) is 5.92 Å². The van der Waals surface area contributed by atoms with Crippen LogP contribution in [0.4, 0.5) is 0 Å². The first-order chi connectivity index (χ1) is 10.4. The predicted octanol–water partition coefficient (Wildman–Crippen LogP) is -0.212. The molecule has 0 N–H and O–H groups in total. The van der Waals surface area contributed by atoms with E-state index >= 15 is 0 Å². The van der Waals surface area contributed by atoms with E-state index in [9.17, 15) is 13.2 Å². The molecule has 0 unspecified atom stereocenters. The Labute approximate surface area is 145 Å². The number of quaternary nitrogens is 1. The number of likely N-dealkylation sites (N-methyl/N-ethyl adjacent to an activating group) is 1. The monoisotopic (exact) mass is 391 g/mol. The fourth-order valence-corrected chi connectivity index (χ4v) is 2.11. The van der Waals surface area contributed by atoms with E-state index < -0.39 is 32.3 Å². The number of nitrogens with zero attached hydrogens (tertiary/aromatic N) is 1. The molecule has 24 heavy (non-hydrogen) atoms. The van der Waals surface area contributed by atoms with Crippen molar-refractivity contribution in [2.45, 2.75) is 26.4 Å². The van der Waals surface area contributed by atoms with Crippen LogP contribution in [-0.2, 0) is 34.0 Å². The Balaban J connectivity index is 0. The van der Waals surface area contributed by atoms with Gasteiger partial charge in [0.25, 0.3) is 10.1 Å². The Hall–Kier alpha value is -0.750. The molecule has 0 aromatic heterocycles. The van der Waals surface area contributed by atoms with Crippen molar-refractivity contribution in [2.75, 3.05) is 46.8 Å². The van der Waals surface area contributed by atoms with Crippen LogP contribution < -0.4 is 0 Å². The third-order valence-electron chi connectivity index (χ3n) is 2.03. The van der Waals surface area contributed by atoms with Gasteiger partial charge in [-0.1, -0.05) is 13.8 Å². The maximum absolute atomic E-state index is 11.6. The van der Waals surface area contributed by atoms with E-state index in [1.54, 1.807) is 0 Å². The van der Waals surface area contributed by atoms with Crippen LogP contribution in [0, 0.1) is 5.92 Å². The molecule has 9 nitrogen and oxygen atoms in total. The second kappa shape index (κ2) is 10.3. The molecular formula is C13H29NO8S2. The minimum atomic E-state index is -3.92. The Morgan fingerprint density at radius 2 is 1.50 bits per heavy atom. The third kappa shape index (κ3) is 26.2. The van der Waals surface area contributed by atoms with Gasteiger partial charge in [-0.15, -0.1) is 0 Å². The van der Waals surface area contributed by atoms with Gasteiger partial charge in [0.15, 0.2) is 0 Å². The Kier molecular flexibility index (Phi) is 10.9. The lowest BCUT2D eigenvalue weighted by Crippen LogP contribution is -2.43. The summed E-state index contributed by atoms with van der Waals surface area (Å²) >= 11 is 0. The summed E-state index contributed by atoms with van der Waals surface area (Å²) < 4.78 is 60.1. The smallest absolute Gasteiger partial charge is 0.308 e. The van der Waals surface area contributed by atoms with Gasteiger partial charge in [0.2, 0.25) is 0 Å². The van der Waals surface area contributed by atoms with Gasteiger partial charge in [0.05, 0.1) is 50.5 Å². The zero-order valence-corrected chi connectivity index (χ0v) is 16.9. The molecule has 0 aromatic carbocycles. The minimum Gasteiger partial charge on any atom is -0.748 e. The van der Waals surface area contributed by atoms with E-state index in [1.807, 2.05) is 35.0 Å². The van der Waals surface area contributed by atoms with E-state index in [4.69, 9.17) is 21.9 Å². The molecule has 0 bridgehead atoms. The second-order valence-corrected chi connectivity index (χ2v) is 9.89. The molecule has 0 aliphatic heterocycles. The van der Waals surface area contributed by atoms with Crippen LogP contribution in [0.15, 0.2) is 0 Å². The standard InChI is InChI=1S/C12H26NO5S.CH4O3S/c1-10(2)9-17-12(14)7-11(8-13(3,4)5)18-19(6,15)16;1-5(2,3)4/h10-11H,7-9H2,1-6H3;1H3,(H,2,3,4)/q+1;/p-1/t11-;/m0./s1. The van der Waals surface area contributed by atoms with Crippen LogP contribution in [0.1, 0.15) is 20.3 Å². The van der Waals surface area contributed by atoms with E-state index in [1.165, 1.54) is 0 Å². The molecule has 0 saturated heterocycles. The summed E-state index contributed by atoms with van der Waals surface area (Å²) in [6, 6.07) is 0. The van der Waals surface area contributed by atoms with Crippen molar-refractivity contribution < 1.29 is 39.6 Å². The lowest BCUT2D eigenvalue weighted by molar-refractivity contribution is -0.873. The zero-order chi connectivity index (χ0) is 19.8. The maximum Gasteiger partial charge on any atom is 0.308 e. The number of hydrogen-bond donors (Lipinski definition) is 0. The number of carbonyl (C=O) groups excluding carboxylic acids is 1. The highest BCUT2D eigenvalue weighted by Gasteiger charge is 2.26. The van der Waals surface area contributed by atoms with E-state index in [-0.39, 0.29) is 12.3 Å². The van der Waals surface area contributed by atoms with Gasteiger partial charge in [-0.2, -0.15) is 8.42 Å². The van der Waals surface area contributed by atoms with E-state index in [0.717, 1.165) is 6.26 Å². The SMILES string of the molecule is CC(C)COC(=O)C[C@@H](C[N+](C)(C)C)OS(C)(=O)=O.CS(=O)(=O)[O-]. The number of hydrogen-bond acceptors (Lipinski definition) is 8. The fourth-order valence-electron chi connectivity index (χ4n) is 1.49. The normalized spacial score (nSPS) is 13.9. The van der Waals surface area contributed by atoms with Crippen molar-refractivity contribution >= 4 is 26.2 Å². The summed E-state index contributed by atoms with van der Waals surface area (Å²) in [4.78, 5) is 11.6. The topological polar surface area (TPSA) is 127 Å². The molecule has 0 fully saturated rings. The zero-order valence-electron chi connectivity index (χ0n) is 15.3. The first-order valence-corrected chi connectivity index (χ1v) is 10.8. The van der Waals surface area contributed by atoms with Crippen LogP contribution in [-0.4, -0.2) is 84.8 Å². The van der Waals surface area contributed by atoms with E-state index in [2.05, 4.69) is 0 Å². The molecule has 146 valence electrons. The number of rotatable bonds is 8. The average molecular weight is 392 g/mol. The molecule has 0 spiro atoms. The molecule has 0 radical (unpaired) electrons. The quantitative estimate of drug-likeness (QED) is 0.241. The summed E-state index contributed by atoms with van der Waals surface area (Å²) in [6.45, 7) is 4.60. The second-order valence-electron chi connectivity index (χ2n) is 6.88. The van der Waals surface area contributed by atoms with Gasteiger partial charge in [-0.3, -0.25) is 8.98 Å². The Bertz CT molecular complexity index is 568.